The van der Waals surface area contributed by atoms with Gasteiger partial charge in [0.25, 0.3) is 0 Å². The van der Waals surface area contributed by atoms with Gasteiger partial charge in [-0.2, -0.15) is 5.26 Å². The van der Waals surface area contributed by atoms with Crippen molar-refractivity contribution < 1.29 is 4.42 Å². The van der Waals surface area contributed by atoms with Gasteiger partial charge in [0.15, 0.2) is 10.8 Å². The van der Waals surface area contributed by atoms with Crippen molar-refractivity contribution in [2.45, 2.75) is 19.8 Å². The van der Waals surface area contributed by atoms with E-state index in [-0.39, 0.29) is 0 Å². The Labute approximate surface area is 92.0 Å². The molecule has 0 N–H and O–H groups in total. The third-order valence-corrected chi connectivity index (χ3v) is 2.90. The van der Waals surface area contributed by atoms with E-state index >= 15 is 0 Å². The Morgan fingerprint density at radius 2 is 2.40 bits per heavy atom. The van der Waals surface area contributed by atoms with Gasteiger partial charge >= 0.3 is 0 Å². The molecule has 0 bridgehead atoms. The average molecular weight is 218 g/mol. The topological polar surface area (TPSA) is 49.8 Å². The summed E-state index contributed by atoms with van der Waals surface area (Å²) in [5, 5.41) is 11.3. The molecule has 0 spiro atoms. The molecular formula is C11H10N2OS. The van der Waals surface area contributed by atoms with Crippen LogP contribution in [0.3, 0.4) is 0 Å². The molecule has 0 unspecified atom stereocenters. The second-order valence-electron chi connectivity index (χ2n) is 3.21. The van der Waals surface area contributed by atoms with Gasteiger partial charge in [-0.3, -0.25) is 0 Å². The number of hydrogen-bond acceptors (Lipinski definition) is 4. The predicted molar refractivity (Wildman–Crippen MR) is 58.5 cm³/mol. The molecule has 0 amide bonds. The molecule has 2 aromatic rings. The molecule has 4 heteroatoms. The van der Waals surface area contributed by atoms with Crippen LogP contribution in [-0.4, -0.2) is 4.98 Å². The van der Waals surface area contributed by atoms with Crippen LogP contribution in [0.2, 0.25) is 0 Å². The molecule has 0 radical (unpaired) electrons. The summed E-state index contributed by atoms with van der Waals surface area (Å²) in [7, 11) is 0. The van der Waals surface area contributed by atoms with Crippen LogP contribution in [0.15, 0.2) is 21.9 Å². The van der Waals surface area contributed by atoms with E-state index in [4.69, 9.17) is 9.68 Å². The molecule has 0 saturated carbocycles. The molecule has 0 fully saturated rings. The summed E-state index contributed by atoms with van der Waals surface area (Å²) in [5.41, 5.74) is 0.964. The second-order valence-corrected chi connectivity index (χ2v) is 4.07. The van der Waals surface area contributed by atoms with Gasteiger partial charge in [-0.05, 0) is 19.1 Å². The van der Waals surface area contributed by atoms with Crippen molar-refractivity contribution in [1.82, 2.24) is 4.98 Å². The molecule has 2 heterocycles. The first kappa shape index (κ1) is 9.94. The third kappa shape index (κ3) is 2.25. The highest BCUT2D eigenvalue weighted by Gasteiger charge is 2.07. The van der Waals surface area contributed by atoms with Crippen LogP contribution in [-0.2, 0) is 6.42 Å². The molecule has 0 aromatic carbocycles. The molecule has 15 heavy (non-hydrogen) atoms. The van der Waals surface area contributed by atoms with Crippen LogP contribution in [0.4, 0.5) is 0 Å². The highest BCUT2D eigenvalue weighted by molar-refractivity contribution is 7.13. The predicted octanol–water partition coefficient (Wildman–Crippen LogP) is 3.17. The van der Waals surface area contributed by atoms with E-state index in [1.54, 1.807) is 11.3 Å². The van der Waals surface area contributed by atoms with E-state index in [2.05, 4.69) is 11.1 Å². The maximum atomic E-state index is 8.46. The summed E-state index contributed by atoms with van der Waals surface area (Å²) in [6, 6.07) is 5.95. The maximum absolute atomic E-state index is 8.46. The highest BCUT2D eigenvalue weighted by atomic mass is 32.1. The fourth-order valence-corrected chi connectivity index (χ4v) is 2.08. The number of aromatic nitrogens is 1. The molecule has 0 aliphatic heterocycles. The van der Waals surface area contributed by atoms with Crippen molar-refractivity contribution in [1.29, 1.82) is 5.26 Å². The number of nitriles is 1. The molecule has 0 aliphatic carbocycles. The number of thiazole rings is 1. The van der Waals surface area contributed by atoms with Crippen molar-refractivity contribution >= 4 is 11.3 Å². The fraction of sp³-hybridized carbons (Fsp3) is 0.273. The zero-order valence-electron chi connectivity index (χ0n) is 8.36. The SMILES string of the molecule is Cc1ccc(-c2nc(CCC#N)cs2)o1. The third-order valence-electron chi connectivity index (χ3n) is 2.00. The van der Waals surface area contributed by atoms with Gasteiger partial charge in [0.1, 0.15) is 5.76 Å². The van der Waals surface area contributed by atoms with Crippen molar-refractivity contribution in [3.8, 4) is 16.8 Å². The van der Waals surface area contributed by atoms with Gasteiger partial charge in [0, 0.05) is 18.2 Å². The largest absolute Gasteiger partial charge is 0.459 e. The van der Waals surface area contributed by atoms with Crippen LogP contribution in [0.1, 0.15) is 17.9 Å². The summed E-state index contributed by atoms with van der Waals surface area (Å²) in [6.45, 7) is 1.91. The summed E-state index contributed by atoms with van der Waals surface area (Å²) >= 11 is 1.55. The first-order valence-corrected chi connectivity index (χ1v) is 5.56. The van der Waals surface area contributed by atoms with Gasteiger partial charge in [0.05, 0.1) is 11.8 Å². The van der Waals surface area contributed by atoms with Gasteiger partial charge in [-0.1, -0.05) is 0 Å². The lowest BCUT2D eigenvalue weighted by atomic mass is 10.3. The summed E-state index contributed by atoms with van der Waals surface area (Å²) < 4.78 is 5.47. The van der Waals surface area contributed by atoms with Crippen LogP contribution in [0, 0.1) is 18.3 Å². The number of rotatable bonds is 3. The van der Waals surface area contributed by atoms with E-state index in [9.17, 15) is 0 Å². The quantitative estimate of drug-likeness (QED) is 0.795. The minimum Gasteiger partial charge on any atom is -0.459 e. The molecule has 3 nitrogen and oxygen atoms in total. The average Bonchev–Trinajstić information content (AvgIpc) is 2.83. The van der Waals surface area contributed by atoms with E-state index < -0.39 is 0 Å². The Morgan fingerprint density at radius 1 is 1.53 bits per heavy atom. The molecule has 2 aromatic heterocycles. The minimum absolute atomic E-state index is 0.514. The van der Waals surface area contributed by atoms with Crippen LogP contribution in [0.25, 0.3) is 10.8 Å². The Kier molecular flexibility index (Phi) is 2.84. The Morgan fingerprint density at radius 3 is 3.07 bits per heavy atom. The van der Waals surface area contributed by atoms with Gasteiger partial charge in [0.2, 0.25) is 0 Å². The Balaban J connectivity index is 2.17. The molecule has 0 aliphatic rings. The molecule has 0 saturated heterocycles. The van der Waals surface area contributed by atoms with Gasteiger partial charge < -0.3 is 4.42 Å². The van der Waals surface area contributed by atoms with Crippen molar-refractivity contribution in [2.24, 2.45) is 0 Å². The van der Waals surface area contributed by atoms with E-state index in [0.29, 0.717) is 12.8 Å². The van der Waals surface area contributed by atoms with E-state index in [1.807, 2.05) is 24.4 Å². The highest BCUT2D eigenvalue weighted by Crippen LogP contribution is 2.25. The zero-order chi connectivity index (χ0) is 10.7. The lowest BCUT2D eigenvalue weighted by Crippen LogP contribution is -1.83. The van der Waals surface area contributed by atoms with Crippen molar-refractivity contribution in [3.63, 3.8) is 0 Å². The van der Waals surface area contributed by atoms with E-state index in [1.165, 1.54) is 0 Å². The normalized spacial score (nSPS) is 10.1. The number of aryl methyl sites for hydroxylation is 2. The van der Waals surface area contributed by atoms with Crippen LogP contribution >= 0.6 is 11.3 Å². The van der Waals surface area contributed by atoms with Gasteiger partial charge in [-0.15, -0.1) is 11.3 Å². The summed E-state index contributed by atoms with van der Waals surface area (Å²) in [6.07, 6.45) is 1.23. The smallest absolute Gasteiger partial charge is 0.162 e. The first-order chi connectivity index (χ1) is 7.29. The Bertz CT molecular complexity index is 493. The standard InChI is InChI=1S/C11H10N2OS/c1-8-4-5-10(14-8)11-13-9(7-15-11)3-2-6-12/h4-5,7H,2-3H2,1H3. The van der Waals surface area contributed by atoms with Crippen LogP contribution in [0.5, 0.6) is 0 Å². The van der Waals surface area contributed by atoms with Crippen LogP contribution < -0.4 is 0 Å². The first-order valence-electron chi connectivity index (χ1n) is 4.68. The summed E-state index contributed by atoms with van der Waals surface area (Å²) in [5.74, 6) is 1.69. The molecule has 2 rings (SSSR count). The van der Waals surface area contributed by atoms with Gasteiger partial charge in [-0.25, -0.2) is 4.98 Å². The second kappa shape index (κ2) is 4.28. The lowest BCUT2D eigenvalue weighted by Gasteiger charge is -1.89. The van der Waals surface area contributed by atoms with Crippen molar-refractivity contribution in [2.75, 3.05) is 0 Å². The monoisotopic (exact) mass is 218 g/mol. The van der Waals surface area contributed by atoms with E-state index in [0.717, 1.165) is 22.2 Å². The Hall–Kier alpha value is -1.60. The number of hydrogen-bond donors (Lipinski definition) is 0. The lowest BCUT2D eigenvalue weighted by molar-refractivity contribution is 0.548. The number of furan rings is 1. The zero-order valence-corrected chi connectivity index (χ0v) is 9.17. The molecule has 0 atom stereocenters. The maximum Gasteiger partial charge on any atom is 0.162 e. The minimum atomic E-state index is 0.514. The fourth-order valence-electron chi connectivity index (χ4n) is 1.27. The molecular weight excluding hydrogens is 208 g/mol. The molecule has 76 valence electrons. The summed E-state index contributed by atoms with van der Waals surface area (Å²) in [4.78, 5) is 4.40. The van der Waals surface area contributed by atoms with Crippen molar-refractivity contribution in [3.05, 3.63) is 29.0 Å². The number of nitrogens with zero attached hydrogens (tertiary/aromatic N) is 2.